The molecule has 0 spiro atoms. The molecule has 44 heavy (non-hydrogen) atoms. The number of halogens is 1. The maximum Gasteiger partial charge on any atom is 0.308 e. The number of amides is 2. The molecule has 1 aliphatic carbocycles. The van der Waals surface area contributed by atoms with Gasteiger partial charge < -0.3 is 34.3 Å². The number of esters is 1. The summed E-state index contributed by atoms with van der Waals surface area (Å²) in [7, 11) is 4.47. The van der Waals surface area contributed by atoms with E-state index in [9.17, 15) is 19.5 Å². The summed E-state index contributed by atoms with van der Waals surface area (Å²) in [5, 5.41) is 13.5. The normalized spacial score (nSPS) is 22.1. The third-order valence-electron chi connectivity index (χ3n) is 8.47. The number of fused-ring (bicyclic) bond motifs is 1. The van der Waals surface area contributed by atoms with Crippen LogP contribution in [0.25, 0.3) is 0 Å². The molecule has 2 aromatic carbocycles. The highest BCUT2D eigenvalue weighted by Gasteiger charge is 2.41. The van der Waals surface area contributed by atoms with Crippen LogP contribution in [0.3, 0.4) is 0 Å². The van der Waals surface area contributed by atoms with Gasteiger partial charge in [-0.1, -0.05) is 37.6 Å². The minimum Gasteiger partial charge on any atom is -0.493 e. The van der Waals surface area contributed by atoms with Crippen molar-refractivity contribution in [2.45, 2.75) is 58.2 Å². The summed E-state index contributed by atoms with van der Waals surface area (Å²) in [5.41, 5.74) is 1.16. The third kappa shape index (κ3) is 7.65. The Morgan fingerprint density at radius 2 is 1.80 bits per heavy atom. The molecule has 0 aromatic heterocycles. The van der Waals surface area contributed by atoms with Gasteiger partial charge in [-0.25, -0.2) is 0 Å². The van der Waals surface area contributed by atoms with Gasteiger partial charge in [0.2, 0.25) is 5.91 Å². The lowest BCUT2D eigenvalue weighted by atomic mass is 9.82. The Kier molecular flexibility index (Phi) is 11.2. The first-order chi connectivity index (χ1) is 21.0. The summed E-state index contributed by atoms with van der Waals surface area (Å²) < 4.78 is 22.7. The lowest BCUT2D eigenvalue weighted by Crippen LogP contribution is -2.46. The summed E-state index contributed by atoms with van der Waals surface area (Å²) in [6.07, 6.45) is 0.859. The molecule has 4 rings (SSSR count). The van der Waals surface area contributed by atoms with Gasteiger partial charge >= 0.3 is 5.97 Å². The van der Waals surface area contributed by atoms with Gasteiger partial charge in [0, 0.05) is 46.9 Å². The summed E-state index contributed by atoms with van der Waals surface area (Å²) in [4.78, 5) is 41.0. The molecule has 2 amide bonds. The van der Waals surface area contributed by atoms with E-state index in [1.165, 1.54) is 21.3 Å². The fraction of sp³-hybridized carbons (Fsp3) is 0.545. The third-order valence-corrected chi connectivity index (χ3v) is 8.71. The molecule has 1 saturated carbocycles. The zero-order chi connectivity index (χ0) is 32.0. The van der Waals surface area contributed by atoms with E-state index in [0.717, 1.165) is 25.7 Å². The number of methoxy groups -OCH3 is 3. The molecule has 1 aliphatic heterocycles. The van der Waals surface area contributed by atoms with Crippen LogP contribution >= 0.6 is 11.6 Å². The Morgan fingerprint density at radius 1 is 1.07 bits per heavy atom. The maximum atomic E-state index is 14.2. The molecule has 2 atom stereocenters. The lowest BCUT2D eigenvalue weighted by Gasteiger charge is -2.32. The number of nitrogens with zero attached hydrogens (tertiary/aromatic N) is 1. The molecular weight excluding hydrogens is 588 g/mol. The van der Waals surface area contributed by atoms with Crippen molar-refractivity contribution in [1.82, 2.24) is 5.32 Å². The van der Waals surface area contributed by atoms with Crippen LogP contribution in [0.4, 0.5) is 5.69 Å². The van der Waals surface area contributed by atoms with Crippen LogP contribution in [0.1, 0.15) is 63.2 Å². The minimum atomic E-state index is -1.15. The molecule has 0 saturated heterocycles. The van der Waals surface area contributed by atoms with E-state index in [0.29, 0.717) is 39.9 Å². The number of para-hydroxylation sites is 1. The molecule has 0 bridgehead atoms. The molecule has 1 fully saturated rings. The van der Waals surface area contributed by atoms with E-state index < -0.39 is 23.5 Å². The average molecular weight is 631 g/mol. The Balaban J connectivity index is 1.64. The summed E-state index contributed by atoms with van der Waals surface area (Å²) in [6.45, 7) is 4.19. The van der Waals surface area contributed by atoms with Crippen molar-refractivity contribution >= 4 is 35.1 Å². The average Bonchev–Trinajstić information content (AvgIpc) is 3.13. The Morgan fingerprint density at radius 3 is 2.43 bits per heavy atom. The Labute approximate surface area is 263 Å². The number of aliphatic hydroxyl groups excluding tert-OH is 1. The molecule has 1 heterocycles. The predicted molar refractivity (Wildman–Crippen MR) is 166 cm³/mol. The zero-order valence-corrected chi connectivity index (χ0v) is 26.8. The number of aliphatic hydroxyl groups is 1. The van der Waals surface area contributed by atoms with Crippen molar-refractivity contribution in [3.63, 3.8) is 0 Å². The molecule has 0 radical (unpaired) electrons. The molecule has 10 nitrogen and oxygen atoms in total. The van der Waals surface area contributed by atoms with Crippen LogP contribution in [-0.2, 0) is 23.9 Å². The second-order valence-corrected chi connectivity index (χ2v) is 12.7. The SMILES string of the molecule is COc1cccc([C@H]2O[C@H](CC(=O)NC[C@H]3CC[C@H](C(=O)OC)CC3)C(=O)N(CC(C)(C)CO)c3ccc(Cl)cc32)c1OC. The topological polar surface area (TPSA) is 124 Å². The first kappa shape index (κ1) is 33.6. The van der Waals surface area contributed by atoms with Gasteiger partial charge in [0.1, 0.15) is 12.2 Å². The number of anilines is 1. The van der Waals surface area contributed by atoms with Gasteiger partial charge in [-0.15, -0.1) is 0 Å². The van der Waals surface area contributed by atoms with Crippen LogP contribution in [0.5, 0.6) is 11.5 Å². The number of nitrogens with one attached hydrogen (secondary N) is 1. The van der Waals surface area contributed by atoms with Crippen LogP contribution < -0.4 is 19.7 Å². The first-order valence-corrected chi connectivity index (χ1v) is 15.3. The molecule has 240 valence electrons. The second kappa shape index (κ2) is 14.6. The fourth-order valence-corrected chi connectivity index (χ4v) is 6.15. The number of rotatable bonds is 11. The highest BCUT2D eigenvalue weighted by molar-refractivity contribution is 6.30. The predicted octanol–water partition coefficient (Wildman–Crippen LogP) is 4.68. The van der Waals surface area contributed by atoms with Crippen LogP contribution in [0, 0.1) is 17.3 Å². The summed E-state index contributed by atoms with van der Waals surface area (Å²) >= 11 is 6.49. The van der Waals surface area contributed by atoms with Crippen LogP contribution in [-0.4, -0.2) is 70.0 Å². The molecule has 2 aromatic rings. The second-order valence-electron chi connectivity index (χ2n) is 12.3. The van der Waals surface area contributed by atoms with Crippen LogP contribution in [0.2, 0.25) is 5.02 Å². The standard InChI is InChI=1S/C33H43ClN2O8/c1-33(2,19-37)18-36-25-14-13-22(34)15-24(25)29(23-7-6-8-26(41-3)30(23)42-4)44-27(31(36)39)16-28(38)35-17-20-9-11-21(12-10-20)32(40)43-5/h6-8,13-15,20-21,27,29,37H,9-12,16-19H2,1-5H3,(H,35,38)/t20-,21-,27-,29-/m1/s1. The number of carbonyl (C=O) groups excluding carboxylic acids is 3. The number of hydrogen-bond donors (Lipinski definition) is 2. The van der Waals surface area contributed by atoms with Crippen molar-refractivity contribution in [3.05, 3.63) is 52.5 Å². The quantitative estimate of drug-likeness (QED) is 0.343. The summed E-state index contributed by atoms with van der Waals surface area (Å²) in [5.74, 6) is 0.158. The van der Waals surface area contributed by atoms with Crippen molar-refractivity contribution in [2.24, 2.45) is 17.3 Å². The number of ether oxygens (including phenoxy) is 4. The first-order valence-electron chi connectivity index (χ1n) is 14.9. The minimum absolute atomic E-state index is 0.0983. The van der Waals surface area contributed by atoms with Gasteiger partial charge in [-0.2, -0.15) is 0 Å². The number of hydrogen-bond acceptors (Lipinski definition) is 8. The van der Waals surface area contributed by atoms with E-state index in [1.54, 1.807) is 35.2 Å². The van der Waals surface area contributed by atoms with Gasteiger partial charge in [0.05, 0.1) is 33.7 Å². The molecule has 11 heteroatoms. The highest BCUT2D eigenvalue weighted by atomic mass is 35.5. The highest BCUT2D eigenvalue weighted by Crippen LogP contribution is 2.45. The lowest BCUT2D eigenvalue weighted by molar-refractivity contribution is -0.146. The molecule has 0 unspecified atom stereocenters. The summed E-state index contributed by atoms with van der Waals surface area (Å²) in [6, 6.07) is 10.6. The maximum absolute atomic E-state index is 14.2. The Bertz CT molecular complexity index is 1340. The molecule has 2 N–H and O–H groups in total. The van der Waals surface area contributed by atoms with E-state index in [2.05, 4.69) is 5.32 Å². The van der Waals surface area contributed by atoms with E-state index >= 15 is 0 Å². The largest absolute Gasteiger partial charge is 0.493 e. The van der Waals surface area contributed by atoms with Crippen molar-refractivity contribution in [2.75, 3.05) is 45.9 Å². The van der Waals surface area contributed by atoms with Crippen molar-refractivity contribution in [3.8, 4) is 11.5 Å². The Hall–Kier alpha value is -3.34. The van der Waals surface area contributed by atoms with Gasteiger partial charge in [0.25, 0.3) is 5.91 Å². The van der Waals surface area contributed by atoms with Gasteiger partial charge in [-0.3, -0.25) is 14.4 Å². The van der Waals surface area contributed by atoms with Crippen LogP contribution in [0.15, 0.2) is 36.4 Å². The number of benzene rings is 2. The monoisotopic (exact) mass is 630 g/mol. The zero-order valence-electron chi connectivity index (χ0n) is 26.1. The smallest absolute Gasteiger partial charge is 0.308 e. The van der Waals surface area contributed by atoms with E-state index in [4.69, 9.17) is 30.5 Å². The van der Waals surface area contributed by atoms with Crippen molar-refractivity contribution < 1.29 is 38.4 Å². The van der Waals surface area contributed by atoms with E-state index in [-0.39, 0.29) is 43.3 Å². The van der Waals surface area contributed by atoms with Gasteiger partial charge in [0.15, 0.2) is 11.5 Å². The molecule has 2 aliphatic rings. The fourth-order valence-electron chi connectivity index (χ4n) is 5.97. The number of carbonyl (C=O) groups is 3. The van der Waals surface area contributed by atoms with E-state index in [1.807, 2.05) is 19.9 Å². The van der Waals surface area contributed by atoms with Crippen molar-refractivity contribution in [1.29, 1.82) is 0 Å². The van der Waals surface area contributed by atoms with Gasteiger partial charge in [-0.05, 0) is 55.9 Å². The molecular formula is C33H43ClN2O8.